The molecule has 2 heterocycles. The molecule has 2 aliphatic rings. The average molecular weight is 291 g/mol. The number of hydrogen-bond acceptors (Lipinski definition) is 4. The number of aliphatic carboxylic acids is 1. The Labute approximate surface area is 122 Å². The quantitative estimate of drug-likeness (QED) is 0.908. The molecule has 3 rings (SSSR count). The average Bonchev–Trinajstić information content (AvgIpc) is 3.12. The minimum Gasteiger partial charge on any atom is -0.480 e. The molecule has 2 aliphatic heterocycles. The van der Waals surface area contributed by atoms with Crippen LogP contribution in [0.2, 0.25) is 0 Å². The number of aryl methyl sites for hydroxylation is 1. The zero-order valence-electron chi connectivity index (χ0n) is 11.6. The maximum atomic E-state index is 12.2. The van der Waals surface area contributed by atoms with Crippen molar-refractivity contribution in [3.63, 3.8) is 0 Å². The fourth-order valence-corrected chi connectivity index (χ4v) is 2.81. The first-order chi connectivity index (χ1) is 10.1. The van der Waals surface area contributed by atoms with Crippen LogP contribution in [-0.2, 0) is 16.0 Å². The molecule has 21 heavy (non-hydrogen) atoms. The summed E-state index contributed by atoms with van der Waals surface area (Å²) in [6.45, 7) is 0.767. The van der Waals surface area contributed by atoms with Crippen molar-refractivity contribution in [2.45, 2.75) is 31.7 Å². The molecule has 112 valence electrons. The van der Waals surface area contributed by atoms with Gasteiger partial charge in [-0.1, -0.05) is 6.07 Å². The van der Waals surface area contributed by atoms with E-state index in [2.05, 4.69) is 0 Å². The van der Waals surface area contributed by atoms with Crippen LogP contribution in [-0.4, -0.2) is 41.3 Å². The van der Waals surface area contributed by atoms with Crippen LogP contribution in [0, 0.1) is 0 Å². The van der Waals surface area contributed by atoms with Crippen LogP contribution in [0.4, 0.5) is 0 Å². The second-order valence-corrected chi connectivity index (χ2v) is 5.27. The smallest absolute Gasteiger partial charge is 0.326 e. The molecule has 0 aliphatic carbocycles. The molecule has 1 saturated heterocycles. The van der Waals surface area contributed by atoms with Gasteiger partial charge in [0.25, 0.3) is 0 Å². The SMILES string of the molecule is O=C(O)[C@@H]1CCCN1C(=O)CCc1ccc2c(c1)OCO2. The maximum absolute atomic E-state index is 12.2. The van der Waals surface area contributed by atoms with Crippen molar-refractivity contribution < 1.29 is 24.2 Å². The second kappa shape index (κ2) is 5.63. The van der Waals surface area contributed by atoms with Crippen molar-refractivity contribution in [3.05, 3.63) is 23.8 Å². The fourth-order valence-electron chi connectivity index (χ4n) is 2.81. The molecule has 1 aromatic carbocycles. The van der Waals surface area contributed by atoms with Crippen molar-refractivity contribution in [2.24, 2.45) is 0 Å². The summed E-state index contributed by atoms with van der Waals surface area (Å²) in [7, 11) is 0. The van der Waals surface area contributed by atoms with Gasteiger partial charge in [-0.25, -0.2) is 4.79 Å². The summed E-state index contributed by atoms with van der Waals surface area (Å²) >= 11 is 0. The van der Waals surface area contributed by atoms with Gasteiger partial charge >= 0.3 is 5.97 Å². The third-order valence-electron chi connectivity index (χ3n) is 3.92. The third kappa shape index (κ3) is 2.79. The highest BCUT2D eigenvalue weighted by Gasteiger charge is 2.33. The molecular weight excluding hydrogens is 274 g/mol. The number of benzene rings is 1. The van der Waals surface area contributed by atoms with Crippen LogP contribution in [0.1, 0.15) is 24.8 Å². The monoisotopic (exact) mass is 291 g/mol. The molecule has 1 N–H and O–H groups in total. The van der Waals surface area contributed by atoms with Crippen LogP contribution in [0.5, 0.6) is 11.5 Å². The molecule has 1 fully saturated rings. The van der Waals surface area contributed by atoms with E-state index in [1.807, 2.05) is 18.2 Å². The van der Waals surface area contributed by atoms with Gasteiger partial charge in [-0.05, 0) is 37.0 Å². The van der Waals surface area contributed by atoms with Gasteiger partial charge < -0.3 is 19.5 Å². The number of amides is 1. The molecular formula is C15H17NO5. The van der Waals surface area contributed by atoms with Gasteiger partial charge in [-0.2, -0.15) is 0 Å². The number of carbonyl (C=O) groups is 2. The number of rotatable bonds is 4. The molecule has 0 aromatic heterocycles. The first kappa shape index (κ1) is 13.7. The first-order valence-electron chi connectivity index (χ1n) is 7.06. The molecule has 1 aromatic rings. The van der Waals surface area contributed by atoms with Crippen molar-refractivity contribution in [2.75, 3.05) is 13.3 Å². The first-order valence-corrected chi connectivity index (χ1v) is 7.06. The molecule has 0 saturated carbocycles. The van der Waals surface area contributed by atoms with E-state index in [1.165, 1.54) is 4.90 Å². The van der Waals surface area contributed by atoms with E-state index in [1.54, 1.807) is 0 Å². The Morgan fingerprint density at radius 3 is 2.90 bits per heavy atom. The molecule has 6 heteroatoms. The summed E-state index contributed by atoms with van der Waals surface area (Å²) in [5, 5.41) is 9.10. The van der Waals surface area contributed by atoms with Crippen molar-refractivity contribution in [3.8, 4) is 11.5 Å². The number of hydrogen-bond donors (Lipinski definition) is 1. The largest absolute Gasteiger partial charge is 0.480 e. The lowest BCUT2D eigenvalue weighted by Gasteiger charge is -2.21. The van der Waals surface area contributed by atoms with Gasteiger partial charge in [0, 0.05) is 13.0 Å². The predicted molar refractivity (Wildman–Crippen MR) is 73.3 cm³/mol. The lowest BCUT2D eigenvalue weighted by molar-refractivity contribution is -0.148. The number of carbonyl (C=O) groups excluding carboxylic acids is 1. The number of carboxylic acid groups (broad SMARTS) is 1. The van der Waals surface area contributed by atoms with Crippen LogP contribution < -0.4 is 9.47 Å². The standard InChI is InChI=1S/C15H17NO5/c17-14(16-7-1-2-11(16)15(18)19)6-4-10-3-5-12-13(8-10)21-9-20-12/h3,5,8,11H,1-2,4,6-7,9H2,(H,18,19)/t11-/m0/s1. The Morgan fingerprint density at radius 2 is 2.10 bits per heavy atom. The predicted octanol–water partition coefficient (Wildman–Crippen LogP) is 1.42. The second-order valence-electron chi connectivity index (χ2n) is 5.27. The number of ether oxygens (including phenoxy) is 2. The van der Waals surface area contributed by atoms with Crippen LogP contribution in [0.25, 0.3) is 0 Å². The van der Waals surface area contributed by atoms with Crippen molar-refractivity contribution in [1.29, 1.82) is 0 Å². The molecule has 1 atom stereocenters. The third-order valence-corrected chi connectivity index (χ3v) is 3.92. The number of carboxylic acids is 1. The van der Waals surface area contributed by atoms with Gasteiger partial charge in [0.1, 0.15) is 6.04 Å². The molecule has 0 spiro atoms. The summed E-state index contributed by atoms with van der Waals surface area (Å²) < 4.78 is 10.5. The minimum atomic E-state index is -0.913. The molecule has 0 unspecified atom stereocenters. The zero-order valence-corrected chi connectivity index (χ0v) is 11.6. The van der Waals surface area contributed by atoms with Gasteiger partial charge in [0.05, 0.1) is 0 Å². The Balaban J connectivity index is 1.60. The summed E-state index contributed by atoms with van der Waals surface area (Å²) in [5.74, 6) is 0.404. The summed E-state index contributed by atoms with van der Waals surface area (Å²) in [5.41, 5.74) is 0.985. The highest BCUT2D eigenvalue weighted by atomic mass is 16.7. The van der Waals surface area contributed by atoms with Crippen LogP contribution >= 0.6 is 0 Å². The van der Waals surface area contributed by atoms with E-state index < -0.39 is 12.0 Å². The molecule has 0 bridgehead atoms. The lowest BCUT2D eigenvalue weighted by atomic mass is 10.1. The minimum absolute atomic E-state index is 0.0995. The zero-order chi connectivity index (χ0) is 14.8. The molecule has 0 radical (unpaired) electrons. The van der Waals surface area contributed by atoms with Crippen molar-refractivity contribution >= 4 is 11.9 Å². The van der Waals surface area contributed by atoms with Gasteiger partial charge in [-0.15, -0.1) is 0 Å². The van der Waals surface area contributed by atoms with E-state index in [0.717, 1.165) is 17.7 Å². The van der Waals surface area contributed by atoms with Gasteiger partial charge in [-0.3, -0.25) is 4.79 Å². The van der Waals surface area contributed by atoms with E-state index in [4.69, 9.17) is 14.6 Å². The van der Waals surface area contributed by atoms with Crippen molar-refractivity contribution in [1.82, 2.24) is 4.90 Å². The summed E-state index contributed by atoms with van der Waals surface area (Å²) in [6, 6.07) is 4.94. The van der Waals surface area contributed by atoms with Crippen LogP contribution in [0.15, 0.2) is 18.2 Å². The Hall–Kier alpha value is -2.24. The maximum Gasteiger partial charge on any atom is 0.326 e. The van der Waals surface area contributed by atoms with E-state index in [0.29, 0.717) is 31.6 Å². The highest BCUT2D eigenvalue weighted by Crippen LogP contribution is 2.32. The highest BCUT2D eigenvalue weighted by molar-refractivity contribution is 5.84. The van der Waals surface area contributed by atoms with E-state index >= 15 is 0 Å². The normalized spacial score (nSPS) is 19.8. The van der Waals surface area contributed by atoms with E-state index in [9.17, 15) is 9.59 Å². The lowest BCUT2D eigenvalue weighted by Crippen LogP contribution is -2.40. The molecule has 6 nitrogen and oxygen atoms in total. The Kier molecular flexibility index (Phi) is 3.68. The number of fused-ring (bicyclic) bond motifs is 1. The van der Waals surface area contributed by atoms with E-state index in [-0.39, 0.29) is 12.7 Å². The number of likely N-dealkylation sites (tertiary alicyclic amines) is 1. The van der Waals surface area contributed by atoms with Gasteiger partial charge in [0.15, 0.2) is 11.5 Å². The number of nitrogens with zero attached hydrogens (tertiary/aromatic N) is 1. The molecule has 1 amide bonds. The fraction of sp³-hybridized carbons (Fsp3) is 0.467. The van der Waals surface area contributed by atoms with Gasteiger partial charge in [0.2, 0.25) is 12.7 Å². The Morgan fingerprint density at radius 1 is 1.29 bits per heavy atom. The summed E-state index contributed by atoms with van der Waals surface area (Å²) in [4.78, 5) is 24.7. The summed E-state index contributed by atoms with van der Waals surface area (Å²) in [6.07, 6.45) is 2.18. The Bertz CT molecular complexity index is 571. The topological polar surface area (TPSA) is 76.1 Å². The van der Waals surface area contributed by atoms with Crippen LogP contribution in [0.3, 0.4) is 0 Å².